The number of methoxy groups -OCH3 is 1. The van der Waals surface area contributed by atoms with Gasteiger partial charge >= 0.3 is 12.6 Å². The lowest BCUT2D eigenvalue weighted by Crippen LogP contribution is -2.10. The van der Waals surface area contributed by atoms with Crippen LogP contribution in [0.1, 0.15) is 11.1 Å². The summed E-state index contributed by atoms with van der Waals surface area (Å²) >= 11 is 5.96. The molecule has 12 heteroatoms. The highest BCUT2D eigenvalue weighted by molar-refractivity contribution is 6.31. The summed E-state index contributed by atoms with van der Waals surface area (Å²) in [5.74, 6) is -0.421. The molecule has 0 saturated carbocycles. The summed E-state index contributed by atoms with van der Waals surface area (Å²) in [6, 6.07) is 9.72. The minimum Gasteiger partial charge on any atom is -0.469 e. The summed E-state index contributed by atoms with van der Waals surface area (Å²) < 4.78 is 41.3. The fraction of sp³-hybridized carbons (Fsp3) is 0.182. The normalized spacial score (nSPS) is 10.6. The molecule has 34 heavy (non-hydrogen) atoms. The highest BCUT2D eigenvalue weighted by Crippen LogP contribution is 2.36. The van der Waals surface area contributed by atoms with Crippen LogP contribution in [0.2, 0.25) is 5.02 Å². The Morgan fingerprint density at radius 1 is 1.21 bits per heavy atom. The van der Waals surface area contributed by atoms with Crippen molar-refractivity contribution >= 4 is 28.9 Å². The second-order valence-electron chi connectivity index (χ2n) is 6.72. The number of pyridine rings is 1. The zero-order valence-electron chi connectivity index (χ0n) is 17.7. The average molecular weight is 494 g/mol. The predicted octanol–water partition coefficient (Wildman–Crippen LogP) is 5.36. The van der Waals surface area contributed by atoms with Crippen LogP contribution in [0.5, 0.6) is 17.2 Å². The van der Waals surface area contributed by atoms with Crippen molar-refractivity contribution in [1.82, 2.24) is 4.98 Å². The van der Waals surface area contributed by atoms with Gasteiger partial charge in [-0.1, -0.05) is 17.7 Å². The van der Waals surface area contributed by atoms with Crippen molar-refractivity contribution in [3.63, 3.8) is 0 Å². The van der Waals surface area contributed by atoms with E-state index in [2.05, 4.69) is 19.8 Å². The smallest absolute Gasteiger partial charge is 0.387 e. The topological polar surface area (TPSA) is 113 Å². The number of nitrogens with one attached hydrogen (secondary N) is 1. The van der Waals surface area contributed by atoms with Gasteiger partial charge in [0, 0.05) is 29.4 Å². The summed E-state index contributed by atoms with van der Waals surface area (Å²) in [6.07, 6.45) is 2.71. The maximum Gasteiger partial charge on any atom is 0.387 e. The standard InChI is InChI=1S/C22H18ClF2N3O6/c1-32-21(29)9-13-7-8-26-12-20(13)33-18-3-2-4-19(34-22(24)25)15(18)11-27-16-10-14(23)5-6-17(16)28(30)31/h2-8,10,12,22,27H,9,11H2,1H3. The number of esters is 1. The Balaban J connectivity index is 1.97. The lowest BCUT2D eigenvalue weighted by Gasteiger charge is -2.18. The van der Waals surface area contributed by atoms with Crippen LogP contribution in [-0.2, 0) is 22.5 Å². The van der Waals surface area contributed by atoms with Gasteiger partial charge in [0.15, 0.2) is 0 Å². The molecule has 0 amide bonds. The van der Waals surface area contributed by atoms with Crippen LogP contribution in [0.15, 0.2) is 54.9 Å². The van der Waals surface area contributed by atoms with Gasteiger partial charge in [0.25, 0.3) is 5.69 Å². The Morgan fingerprint density at radius 2 is 1.97 bits per heavy atom. The minimum atomic E-state index is -3.12. The van der Waals surface area contributed by atoms with Crippen molar-refractivity contribution in [2.24, 2.45) is 0 Å². The number of nitro groups is 1. The van der Waals surface area contributed by atoms with Gasteiger partial charge in [-0.05, 0) is 30.3 Å². The van der Waals surface area contributed by atoms with Gasteiger partial charge in [-0.25, -0.2) is 0 Å². The molecule has 0 fully saturated rings. The first-order valence-corrected chi connectivity index (χ1v) is 10.1. The van der Waals surface area contributed by atoms with Gasteiger partial charge in [-0.3, -0.25) is 19.9 Å². The number of anilines is 1. The highest BCUT2D eigenvalue weighted by atomic mass is 35.5. The second kappa shape index (κ2) is 11.2. The van der Waals surface area contributed by atoms with Crippen LogP contribution >= 0.6 is 11.6 Å². The van der Waals surface area contributed by atoms with E-state index in [1.165, 1.54) is 55.9 Å². The van der Waals surface area contributed by atoms with E-state index in [0.29, 0.717) is 5.56 Å². The molecule has 0 spiro atoms. The molecule has 0 saturated heterocycles. The fourth-order valence-electron chi connectivity index (χ4n) is 3.01. The first kappa shape index (κ1) is 24.6. The number of carbonyl (C=O) groups is 1. The Kier molecular flexibility index (Phi) is 8.14. The number of alkyl halides is 2. The third-order valence-corrected chi connectivity index (χ3v) is 4.80. The number of benzene rings is 2. The Labute approximate surface area is 197 Å². The average Bonchev–Trinajstić information content (AvgIpc) is 2.79. The Bertz CT molecular complexity index is 1200. The number of hydrogen-bond donors (Lipinski definition) is 1. The molecule has 1 aromatic heterocycles. The predicted molar refractivity (Wildman–Crippen MR) is 119 cm³/mol. The van der Waals surface area contributed by atoms with E-state index in [0.717, 1.165) is 0 Å². The van der Waals surface area contributed by atoms with Crippen molar-refractivity contribution < 1.29 is 32.7 Å². The summed E-state index contributed by atoms with van der Waals surface area (Å²) in [5.41, 5.74) is 0.408. The first-order valence-electron chi connectivity index (χ1n) is 9.70. The molecule has 178 valence electrons. The van der Waals surface area contributed by atoms with Crippen LogP contribution < -0.4 is 14.8 Å². The largest absolute Gasteiger partial charge is 0.469 e. The molecular formula is C22H18ClF2N3O6. The highest BCUT2D eigenvalue weighted by Gasteiger charge is 2.19. The van der Waals surface area contributed by atoms with Crippen molar-refractivity contribution in [3.05, 3.63) is 81.1 Å². The number of carbonyl (C=O) groups excluding carboxylic acids is 1. The molecule has 0 unspecified atom stereocenters. The SMILES string of the molecule is COC(=O)Cc1ccncc1Oc1cccc(OC(F)F)c1CNc1cc(Cl)ccc1[N+](=O)[O-]. The molecule has 1 N–H and O–H groups in total. The van der Waals surface area contributed by atoms with E-state index >= 15 is 0 Å². The van der Waals surface area contributed by atoms with Gasteiger partial charge in [0.1, 0.15) is 22.9 Å². The van der Waals surface area contributed by atoms with E-state index in [9.17, 15) is 23.7 Å². The number of rotatable bonds is 10. The van der Waals surface area contributed by atoms with Gasteiger partial charge in [0.05, 0.1) is 30.2 Å². The molecule has 1 heterocycles. The van der Waals surface area contributed by atoms with E-state index in [1.807, 2.05) is 0 Å². The zero-order chi connectivity index (χ0) is 24.7. The monoisotopic (exact) mass is 493 g/mol. The van der Waals surface area contributed by atoms with Crippen LogP contribution in [-0.4, -0.2) is 29.6 Å². The van der Waals surface area contributed by atoms with Crippen molar-refractivity contribution in [3.8, 4) is 17.2 Å². The third-order valence-electron chi connectivity index (χ3n) is 4.57. The van der Waals surface area contributed by atoms with E-state index in [1.54, 1.807) is 6.07 Å². The Hall–Kier alpha value is -3.99. The van der Waals surface area contributed by atoms with Crippen molar-refractivity contribution in [1.29, 1.82) is 0 Å². The Morgan fingerprint density at radius 3 is 2.68 bits per heavy atom. The molecule has 3 rings (SSSR count). The number of aromatic nitrogens is 1. The molecule has 0 atom stereocenters. The third kappa shape index (κ3) is 6.29. The van der Waals surface area contributed by atoms with E-state index in [4.69, 9.17) is 16.3 Å². The molecule has 9 nitrogen and oxygen atoms in total. The maximum atomic E-state index is 13.0. The van der Waals surface area contributed by atoms with Gasteiger partial charge in [-0.2, -0.15) is 8.78 Å². The number of halogens is 3. The second-order valence-corrected chi connectivity index (χ2v) is 7.16. The first-order chi connectivity index (χ1) is 16.3. The van der Waals surface area contributed by atoms with Gasteiger partial charge in [-0.15, -0.1) is 0 Å². The molecule has 2 aromatic carbocycles. The lowest BCUT2D eigenvalue weighted by molar-refractivity contribution is -0.384. The van der Waals surface area contributed by atoms with E-state index < -0.39 is 17.5 Å². The van der Waals surface area contributed by atoms with Gasteiger partial charge in [0.2, 0.25) is 0 Å². The van der Waals surface area contributed by atoms with E-state index in [-0.39, 0.29) is 52.2 Å². The maximum absolute atomic E-state index is 13.0. The number of ether oxygens (including phenoxy) is 3. The van der Waals surface area contributed by atoms with Crippen LogP contribution in [0.4, 0.5) is 20.2 Å². The number of hydrogen-bond acceptors (Lipinski definition) is 8. The molecule has 3 aromatic rings. The summed E-state index contributed by atoms with van der Waals surface area (Å²) in [4.78, 5) is 26.4. The molecule has 0 bridgehead atoms. The number of nitro benzene ring substituents is 1. The van der Waals surface area contributed by atoms with Crippen LogP contribution in [0.25, 0.3) is 0 Å². The van der Waals surface area contributed by atoms with Crippen LogP contribution in [0.3, 0.4) is 0 Å². The zero-order valence-corrected chi connectivity index (χ0v) is 18.4. The molecular weight excluding hydrogens is 476 g/mol. The van der Waals surface area contributed by atoms with Crippen molar-refractivity contribution in [2.75, 3.05) is 12.4 Å². The molecule has 0 aliphatic rings. The molecule has 0 aliphatic heterocycles. The number of nitrogens with zero attached hydrogens (tertiary/aromatic N) is 2. The minimum absolute atomic E-state index is 0.0723. The summed E-state index contributed by atoms with van der Waals surface area (Å²) in [6.45, 7) is -3.31. The lowest BCUT2D eigenvalue weighted by atomic mass is 10.1. The summed E-state index contributed by atoms with van der Waals surface area (Å²) in [7, 11) is 1.24. The van der Waals surface area contributed by atoms with Crippen molar-refractivity contribution in [2.45, 2.75) is 19.6 Å². The summed E-state index contributed by atoms with van der Waals surface area (Å²) in [5, 5.41) is 14.4. The fourth-order valence-corrected chi connectivity index (χ4v) is 3.18. The molecule has 0 aliphatic carbocycles. The van der Waals surface area contributed by atoms with Gasteiger partial charge < -0.3 is 19.5 Å². The molecule has 0 radical (unpaired) electrons. The quantitative estimate of drug-likeness (QED) is 0.228. The van der Waals surface area contributed by atoms with Crippen LogP contribution in [0, 0.1) is 10.1 Å².